The molecule has 2 aromatic heterocycles. The number of carbonyl (C=O) groups is 3. The van der Waals surface area contributed by atoms with Crippen molar-refractivity contribution in [2.75, 3.05) is 25.6 Å². The Bertz CT molecular complexity index is 1210. The first-order valence-corrected chi connectivity index (χ1v) is 13.2. The molecule has 14 heteroatoms. The van der Waals surface area contributed by atoms with Crippen LogP contribution in [-0.4, -0.2) is 75.8 Å². The van der Waals surface area contributed by atoms with E-state index in [0.717, 1.165) is 30.6 Å². The van der Waals surface area contributed by atoms with Crippen molar-refractivity contribution in [1.82, 2.24) is 30.1 Å². The molecule has 0 spiro atoms. The highest BCUT2D eigenvalue weighted by Gasteiger charge is 2.48. The second-order valence-corrected chi connectivity index (χ2v) is 10.5. The number of carbonyl (C=O) groups excluding carboxylic acids is 3. The van der Waals surface area contributed by atoms with Gasteiger partial charge in [0.25, 0.3) is 5.91 Å². The number of hydrogen-bond acceptors (Lipinski definition) is 6. The van der Waals surface area contributed by atoms with Gasteiger partial charge in [0.15, 0.2) is 5.82 Å². The molecule has 1 saturated carbocycles. The topological polar surface area (TPSA) is 130 Å². The van der Waals surface area contributed by atoms with Gasteiger partial charge in [-0.05, 0) is 42.4 Å². The molecule has 11 nitrogen and oxygen atoms in total. The quantitative estimate of drug-likeness (QED) is 0.429. The molecule has 1 aliphatic carbocycles. The molecule has 3 heterocycles. The molecule has 0 aromatic carbocycles. The van der Waals surface area contributed by atoms with Crippen LogP contribution in [0.5, 0.6) is 0 Å². The molecule has 3 atom stereocenters. The number of nitrogens with one attached hydrogen (secondary N) is 3. The van der Waals surface area contributed by atoms with Crippen molar-refractivity contribution >= 4 is 23.7 Å². The van der Waals surface area contributed by atoms with Gasteiger partial charge >= 0.3 is 12.2 Å². The number of alkyl halides is 3. The van der Waals surface area contributed by atoms with Crippen LogP contribution in [-0.2, 0) is 16.6 Å². The molecule has 218 valence electrons. The molecule has 0 radical (unpaired) electrons. The average Bonchev–Trinajstić information content (AvgIpc) is 3.52. The average molecular weight is 566 g/mol. The second kappa shape index (κ2) is 12.2. The molecule has 4 rings (SSSR count). The van der Waals surface area contributed by atoms with Crippen LogP contribution in [0.3, 0.4) is 0 Å². The number of hydrogen-bond donors (Lipinski definition) is 3. The van der Waals surface area contributed by atoms with Gasteiger partial charge in [-0.3, -0.25) is 9.59 Å². The number of pyridine rings is 1. The molecule has 40 heavy (non-hydrogen) atoms. The van der Waals surface area contributed by atoms with Crippen molar-refractivity contribution in [3.63, 3.8) is 0 Å². The molecule has 4 amide bonds. The predicted octanol–water partition coefficient (Wildman–Crippen LogP) is 3.02. The lowest BCUT2D eigenvalue weighted by molar-refractivity contribution is -0.150. The van der Waals surface area contributed by atoms with Gasteiger partial charge in [-0.25, -0.2) is 14.8 Å². The first-order chi connectivity index (χ1) is 19.0. The number of amides is 4. The number of aromatic nitrogens is 3. The summed E-state index contributed by atoms with van der Waals surface area (Å²) in [4.78, 5) is 48.3. The normalized spacial score (nSPS) is 22.9. The second-order valence-electron chi connectivity index (χ2n) is 10.5. The molecule has 2 fully saturated rings. The van der Waals surface area contributed by atoms with Gasteiger partial charge in [0.05, 0.1) is 19.2 Å². The number of halogens is 3. The summed E-state index contributed by atoms with van der Waals surface area (Å²) in [5.74, 6) is -0.210. The number of ether oxygens (including phenoxy) is 1. The highest BCUT2D eigenvalue weighted by atomic mass is 19.4. The third kappa shape index (κ3) is 6.72. The fourth-order valence-corrected chi connectivity index (χ4v) is 5.27. The number of aryl methyl sites for hydroxylation is 1. The van der Waals surface area contributed by atoms with Gasteiger partial charge in [0, 0.05) is 32.7 Å². The van der Waals surface area contributed by atoms with Gasteiger partial charge in [-0.2, -0.15) is 13.2 Å². The summed E-state index contributed by atoms with van der Waals surface area (Å²) in [6, 6.07) is -1.52. The van der Waals surface area contributed by atoms with Gasteiger partial charge in [0.2, 0.25) is 5.91 Å². The minimum Gasteiger partial charge on any atom is -0.382 e. The van der Waals surface area contributed by atoms with Crippen LogP contribution in [0.2, 0.25) is 0 Å². The van der Waals surface area contributed by atoms with Gasteiger partial charge in [0.1, 0.15) is 17.9 Å². The van der Waals surface area contributed by atoms with Crippen molar-refractivity contribution in [2.24, 2.45) is 18.9 Å². The lowest BCUT2D eigenvalue weighted by atomic mass is 9.79. The number of anilines is 1. The minimum atomic E-state index is -4.59. The number of imidazole rings is 1. The summed E-state index contributed by atoms with van der Waals surface area (Å²) in [7, 11) is 3.06. The third-order valence-corrected chi connectivity index (χ3v) is 7.58. The first-order valence-electron chi connectivity index (χ1n) is 13.2. The molecular formula is C26H34F3N7O4. The lowest BCUT2D eigenvalue weighted by Gasteiger charge is -2.32. The zero-order valence-corrected chi connectivity index (χ0v) is 22.6. The van der Waals surface area contributed by atoms with Gasteiger partial charge < -0.3 is 30.2 Å². The van der Waals surface area contributed by atoms with Crippen LogP contribution in [0, 0.1) is 11.8 Å². The van der Waals surface area contributed by atoms with E-state index in [0.29, 0.717) is 11.5 Å². The molecule has 2 aliphatic rings. The Morgan fingerprint density at radius 3 is 2.52 bits per heavy atom. The van der Waals surface area contributed by atoms with E-state index in [4.69, 9.17) is 4.74 Å². The minimum absolute atomic E-state index is 0.0714. The van der Waals surface area contributed by atoms with E-state index >= 15 is 0 Å². The van der Waals surface area contributed by atoms with Gasteiger partial charge in [-0.15, -0.1) is 0 Å². The van der Waals surface area contributed by atoms with Crippen molar-refractivity contribution < 1.29 is 32.3 Å². The molecular weight excluding hydrogens is 531 g/mol. The molecule has 1 saturated heterocycles. The van der Waals surface area contributed by atoms with E-state index in [2.05, 4.69) is 27.5 Å². The van der Waals surface area contributed by atoms with E-state index in [1.54, 1.807) is 23.9 Å². The summed E-state index contributed by atoms with van der Waals surface area (Å²) < 4.78 is 46.5. The van der Waals surface area contributed by atoms with E-state index in [-0.39, 0.29) is 24.2 Å². The standard InChI is InChI=1S/C26H34F3N7O4/c1-15-4-6-16(7-5-15)21(34-24(38)22-31-10-11-35(22)2)23(37)33-20-12-17(8-9-30-20)18(14-40-3)36-13-19(26(27,28)29)32-25(36)39/h8-12,15-16,18-19,21H,4-7,13-14H2,1-3H3,(H,32,39)(H,34,38)(H,30,33,37)/t15?,16?,18?,19-,21-/m0/s1. The van der Waals surface area contributed by atoms with Crippen molar-refractivity contribution in [1.29, 1.82) is 0 Å². The SMILES string of the molecule is COCC(c1ccnc(NC(=O)[C@@H](NC(=O)c2nccn2C)C2CCC(C)CC2)c1)N1C[C@@H](C(F)(F)F)NC1=O. The number of rotatable bonds is 9. The van der Waals surface area contributed by atoms with Crippen molar-refractivity contribution in [3.05, 3.63) is 42.1 Å². The summed E-state index contributed by atoms with van der Waals surface area (Å²) in [5, 5.41) is 7.56. The van der Waals surface area contributed by atoms with E-state index in [9.17, 15) is 27.6 Å². The number of nitrogens with zero attached hydrogens (tertiary/aromatic N) is 4. The summed E-state index contributed by atoms with van der Waals surface area (Å²) in [5.41, 5.74) is 0.435. The summed E-state index contributed by atoms with van der Waals surface area (Å²) >= 11 is 0. The van der Waals surface area contributed by atoms with Crippen LogP contribution in [0.25, 0.3) is 0 Å². The Morgan fingerprint density at radius 2 is 1.93 bits per heavy atom. The monoisotopic (exact) mass is 565 g/mol. The van der Waals surface area contributed by atoms with Crippen LogP contribution in [0.4, 0.5) is 23.8 Å². The summed E-state index contributed by atoms with van der Waals surface area (Å²) in [6.07, 6.45) is 3.30. The fourth-order valence-electron chi connectivity index (χ4n) is 5.27. The maximum atomic E-state index is 13.5. The van der Waals surface area contributed by atoms with E-state index in [1.165, 1.54) is 25.6 Å². The Hall–Kier alpha value is -3.68. The molecule has 1 aliphatic heterocycles. The molecule has 1 unspecified atom stereocenters. The Kier molecular flexibility index (Phi) is 8.96. The van der Waals surface area contributed by atoms with Crippen LogP contribution < -0.4 is 16.0 Å². The highest BCUT2D eigenvalue weighted by molar-refractivity contribution is 5.99. The van der Waals surface area contributed by atoms with Crippen LogP contribution >= 0.6 is 0 Å². The van der Waals surface area contributed by atoms with Crippen LogP contribution in [0.1, 0.15) is 54.8 Å². The van der Waals surface area contributed by atoms with Crippen molar-refractivity contribution in [2.45, 2.75) is 56.9 Å². The molecule has 3 N–H and O–H groups in total. The zero-order chi connectivity index (χ0) is 29.0. The number of urea groups is 1. The predicted molar refractivity (Wildman–Crippen MR) is 138 cm³/mol. The van der Waals surface area contributed by atoms with E-state index in [1.807, 2.05) is 5.32 Å². The fraction of sp³-hybridized carbons (Fsp3) is 0.577. The highest BCUT2D eigenvalue weighted by Crippen LogP contribution is 2.32. The lowest BCUT2D eigenvalue weighted by Crippen LogP contribution is -2.50. The zero-order valence-electron chi connectivity index (χ0n) is 22.6. The van der Waals surface area contributed by atoms with Crippen molar-refractivity contribution in [3.8, 4) is 0 Å². The maximum Gasteiger partial charge on any atom is 0.410 e. The Morgan fingerprint density at radius 1 is 1.20 bits per heavy atom. The Balaban J connectivity index is 1.53. The molecule has 0 bridgehead atoms. The van der Waals surface area contributed by atoms with Gasteiger partial charge in [-0.1, -0.05) is 19.8 Å². The number of methoxy groups -OCH3 is 1. The smallest absolute Gasteiger partial charge is 0.382 e. The molecule has 2 aromatic rings. The first kappa shape index (κ1) is 29.3. The largest absolute Gasteiger partial charge is 0.410 e. The third-order valence-electron chi connectivity index (χ3n) is 7.58. The summed E-state index contributed by atoms with van der Waals surface area (Å²) in [6.45, 7) is 1.50. The Labute approximate surface area is 229 Å². The van der Waals surface area contributed by atoms with Crippen LogP contribution in [0.15, 0.2) is 30.7 Å². The van der Waals surface area contributed by atoms with E-state index < -0.39 is 48.7 Å². The maximum absolute atomic E-state index is 13.5.